The highest BCUT2D eigenvalue weighted by Gasteiger charge is 2.31. The van der Waals surface area contributed by atoms with Gasteiger partial charge in [-0.25, -0.2) is 15.0 Å². The molecule has 8 nitrogen and oxygen atoms in total. The number of aryl methyl sites for hydroxylation is 1. The molecular formula is C31H40N6O2. The van der Waals surface area contributed by atoms with Crippen LogP contribution in [0.15, 0.2) is 47.3 Å². The van der Waals surface area contributed by atoms with Crippen molar-refractivity contribution in [3.8, 4) is 0 Å². The van der Waals surface area contributed by atoms with Crippen LogP contribution in [0, 0.1) is 18.8 Å². The number of aromatic nitrogens is 3. The molecule has 0 aromatic carbocycles. The van der Waals surface area contributed by atoms with Crippen LogP contribution in [0.3, 0.4) is 0 Å². The van der Waals surface area contributed by atoms with Crippen LogP contribution in [0.4, 0.5) is 17.3 Å². The fourth-order valence-electron chi connectivity index (χ4n) is 5.72. The van der Waals surface area contributed by atoms with Crippen molar-refractivity contribution in [2.24, 2.45) is 11.8 Å². The first kappa shape index (κ1) is 26.9. The maximum absolute atomic E-state index is 13.9. The molecule has 0 radical (unpaired) electrons. The summed E-state index contributed by atoms with van der Waals surface area (Å²) in [6, 6.07) is 8.29. The molecule has 5 rings (SSSR count). The Morgan fingerprint density at radius 3 is 2.49 bits per heavy atom. The predicted octanol–water partition coefficient (Wildman–Crippen LogP) is 5.84. The first-order valence-electron chi connectivity index (χ1n) is 14.2. The van der Waals surface area contributed by atoms with E-state index in [1.165, 1.54) is 6.42 Å². The van der Waals surface area contributed by atoms with Gasteiger partial charge in [-0.2, -0.15) is 0 Å². The second-order valence-corrected chi connectivity index (χ2v) is 11.1. The molecule has 1 saturated heterocycles. The molecule has 206 valence electrons. The van der Waals surface area contributed by atoms with E-state index < -0.39 is 0 Å². The Balaban J connectivity index is 1.32. The molecule has 1 aliphatic heterocycles. The van der Waals surface area contributed by atoms with Gasteiger partial charge in [0.15, 0.2) is 0 Å². The maximum atomic E-state index is 13.9. The number of rotatable bonds is 8. The van der Waals surface area contributed by atoms with E-state index in [-0.39, 0.29) is 11.8 Å². The third-order valence-corrected chi connectivity index (χ3v) is 7.94. The van der Waals surface area contributed by atoms with Crippen LogP contribution in [0.25, 0.3) is 12.2 Å². The second-order valence-electron chi connectivity index (χ2n) is 11.1. The Morgan fingerprint density at radius 2 is 1.82 bits per heavy atom. The molecule has 1 amide bonds. The van der Waals surface area contributed by atoms with Crippen molar-refractivity contribution in [3.63, 3.8) is 0 Å². The molecule has 4 heterocycles. The van der Waals surface area contributed by atoms with Crippen molar-refractivity contribution in [2.75, 3.05) is 48.4 Å². The van der Waals surface area contributed by atoms with Gasteiger partial charge in [0, 0.05) is 51.4 Å². The van der Waals surface area contributed by atoms with Gasteiger partial charge in [0.1, 0.15) is 17.9 Å². The highest BCUT2D eigenvalue weighted by molar-refractivity contribution is 5.94. The minimum Gasteiger partial charge on any atom is -0.445 e. The first-order chi connectivity index (χ1) is 19.0. The average molecular weight is 529 g/mol. The number of carbonyl (C=O) groups is 1. The lowest BCUT2D eigenvalue weighted by Crippen LogP contribution is -2.44. The summed E-state index contributed by atoms with van der Waals surface area (Å²) < 4.78 is 5.35. The van der Waals surface area contributed by atoms with E-state index in [0.29, 0.717) is 18.4 Å². The van der Waals surface area contributed by atoms with Gasteiger partial charge < -0.3 is 14.2 Å². The van der Waals surface area contributed by atoms with E-state index in [4.69, 9.17) is 9.40 Å². The SMILES string of the molecule is Cc1cc(/C=C/c2ncco2)cc(N(CC2CCN(c3ccc(N(C)C)nc3)CC2)C(=O)C2CCCCC2)n1. The molecular weight excluding hydrogens is 488 g/mol. The van der Waals surface area contributed by atoms with E-state index >= 15 is 0 Å². The summed E-state index contributed by atoms with van der Waals surface area (Å²) in [7, 11) is 4.01. The normalized spacial score (nSPS) is 17.1. The molecule has 2 fully saturated rings. The lowest BCUT2D eigenvalue weighted by Gasteiger charge is -2.37. The molecule has 0 unspecified atom stereocenters. The number of amides is 1. The Morgan fingerprint density at radius 1 is 1.03 bits per heavy atom. The summed E-state index contributed by atoms with van der Waals surface area (Å²) >= 11 is 0. The van der Waals surface area contributed by atoms with Gasteiger partial charge in [0.25, 0.3) is 0 Å². The van der Waals surface area contributed by atoms with Crippen LogP contribution in [0.5, 0.6) is 0 Å². The predicted molar refractivity (Wildman–Crippen MR) is 157 cm³/mol. The van der Waals surface area contributed by atoms with Crippen LogP contribution < -0.4 is 14.7 Å². The van der Waals surface area contributed by atoms with Gasteiger partial charge in [0.05, 0.1) is 18.1 Å². The number of piperidine rings is 1. The standard InChI is InChI=1S/C31H40N6O2/c1-23-19-25(9-12-30-32-15-18-39-30)20-29(34-23)37(31(38)26-7-5-4-6-8-26)22-24-13-16-36(17-14-24)27-10-11-28(33-21-27)35(2)3/h9-12,15,18-21,24,26H,4-8,13-14,16-17,22H2,1-3H3/b12-9+. The van der Waals surface area contributed by atoms with E-state index in [1.807, 2.05) is 61.3 Å². The third-order valence-electron chi connectivity index (χ3n) is 7.94. The third kappa shape index (κ3) is 6.85. The summed E-state index contributed by atoms with van der Waals surface area (Å²) in [4.78, 5) is 34.0. The molecule has 0 spiro atoms. The van der Waals surface area contributed by atoms with Crippen LogP contribution in [0.2, 0.25) is 0 Å². The minimum atomic E-state index is 0.0914. The lowest BCUT2D eigenvalue weighted by atomic mass is 9.87. The number of hydrogen-bond donors (Lipinski definition) is 0. The fraction of sp³-hybridized carbons (Fsp3) is 0.484. The fourth-order valence-corrected chi connectivity index (χ4v) is 5.72. The Hall–Kier alpha value is -3.68. The zero-order valence-electron chi connectivity index (χ0n) is 23.4. The number of pyridine rings is 2. The molecule has 0 atom stereocenters. The van der Waals surface area contributed by atoms with E-state index in [9.17, 15) is 4.79 Å². The zero-order valence-corrected chi connectivity index (χ0v) is 23.4. The molecule has 1 aliphatic carbocycles. The van der Waals surface area contributed by atoms with Gasteiger partial charge >= 0.3 is 0 Å². The van der Waals surface area contributed by atoms with Crippen LogP contribution in [-0.2, 0) is 4.79 Å². The monoisotopic (exact) mass is 528 g/mol. The molecule has 2 aliphatic rings. The van der Waals surface area contributed by atoms with Gasteiger partial charge in [-0.15, -0.1) is 0 Å². The van der Waals surface area contributed by atoms with Crippen LogP contribution in [-0.4, -0.2) is 54.6 Å². The number of hydrogen-bond acceptors (Lipinski definition) is 7. The Kier molecular flexibility index (Phi) is 8.59. The zero-order chi connectivity index (χ0) is 27.2. The number of nitrogens with zero attached hydrogens (tertiary/aromatic N) is 6. The molecule has 0 bridgehead atoms. The Labute approximate surface area is 231 Å². The highest BCUT2D eigenvalue weighted by atomic mass is 16.3. The molecule has 3 aromatic heterocycles. The summed E-state index contributed by atoms with van der Waals surface area (Å²) in [5.41, 5.74) is 3.04. The smallest absolute Gasteiger partial charge is 0.231 e. The minimum absolute atomic E-state index is 0.0914. The number of anilines is 3. The first-order valence-corrected chi connectivity index (χ1v) is 14.2. The van der Waals surface area contributed by atoms with Gasteiger partial charge in [0.2, 0.25) is 11.8 Å². The number of carbonyl (C=O) groups excluding carboxylic acids is 1. The second kappa shape index (κ2) is 12.5. The Bertz CT molecular complexity index is 1240. The van der Waals surface area contributed by atoms with Crippen molar-refractivity contribution in [1.29, 1.82) is 0 Å². The van der Waals surface area contributed by atoms with Gasteiger partial charge in [-0.05, 0) is 74.4 Å². The average Bonchev–Trinajstić information content (AvgIpc) is 3.49. The topological polar surface area (TPSA) is 78.6 Å². The van der Waals surface area contributed by atoms with E-state index in [0.717, 1.165) is 80.2 Å². The summed E-state index contributed by atoms with van der Waals surface area (Å²) in [6.45, 7) is 4.62. The van der Waals surface area contributed by atoms with Gasteiger partial charge in [-0.3, -0.25) is 9.69 Å². The lowest BCUT2D eigenvalue weighted by molar-refractivity contribution is -0.123. The van der Waals surface area contributed by atoms with E-state index in [2.05, 4.69) is 27.0 Å². The van der Waals surface area contributed by atoms with E-state index in [1.54, 1.807) is 12.5 Å². The largest absolute Gasteiger partial charge is 0.445 e. The van der Waals surface area contributed by atoms with Crippen LogP contribution in [0.1, 0.15) is 62.1 Å². The van der Waals surface area contributed by atoms with Crippen molar-refractivity contribution in [2.45, 2.75) is 51.9 Å². The molecule has 8 heteroatoms. The van der Waals surface area contributed by atoms with Crippen molar-refractivity contribution < 1.29 is 9.21 Å². The van der Waals surface area contributed by atoms with Crippen LogP contribution >= 0.6 is 0 Å². The summed E-state index contributed by atoms with van der Waals surface area (Å²) in [6.07, 6.45) is 16.5. The maximum Gasteiger partial charge on any atom is 0.231 e. The molecule has 39 heavy (non-hydrogen) atoms. The highest BCUT2D eigenvalue weighted by Crippen LogP contribution is 2.31. The van der Waals surface area contributed by atoms with Crippen molar-refractivity contribution >= 4 is 35.4 Å². The number of oxazole rings is 1. The van der Waals surface area contributed by atoms with Crippen molar-refractivity contribution in [1.82, 2.24) is 15.0 Å². The molecule has 3 aromatic rings. The summed E-state index contributed by atoms with van der Waals surface area (Å²) in [5, 5.41) is 0. The molecule has 0 N–H and O–H groups in total. The molecule has 1 saturated carbocycles. The quantitative estimate of drug-likeness (QED) is 0.363. The summed E-state index contributed by atoms with van der Waals surface area (Å²) in [5.74, 6) is 3.03. The van der Waals surface area contributed by atoms with Crippen molar-refractivity contribution in [3.05, 3.63) is 60.1 Å². The van der Waals surface area contributed by atoms with Gasteiger partial charge in [-0.1, -0.05) is 19.3 Å².